The number of aliphatic hydroxyl groups excluding tert-OH is 1. The third kappa shape index (κ3) is 4.13. The maximum atomic E-state index is 12.2. The summed E-state index contributed by atoms with van der Waals surface area (Å²) in [6, 6.07) is 7.63. The molecule has 0 fully saturated rings. The van der Waals surface area contributed by atoms with Crippen molar-refractivity contribution >= 4 is 10.0 Å². The van der Waals surface area contributed by atoms with Crippen LogP contribution in [0.5, 0.6) is 0 Å². The Morgan fingerprint density at radius 2 is 2.10 bits per heavy atom. The van der Waals surface area contributed by atoms with Gasteiger partial charge in [-0.15, -0.1) is 0 Å². The number of aryl methyl sites for hydroxylation is 2. The highest BCUT2D eigenvalue weighted by Gasteiger charge is 2.16. The molecule has 1 heterocycles. The van der Waals surface area contributed by atoms with Crippen molar-refractivity contribution in [3.8, 4) is 0 Å². The maximum absolute atomic E-state index is 12.2. The minimum atomic E-state index is -3.58. The van der Waals surface area contributed by atoms with E-state index >= 15 is 0 Å². The van der Waals surface area contributed by atoms with Crippen LogP contribution in [0.4, 0.5) is 0 Å². The summed E-state index contributed by atoms with van der Waals surface area (Å²) >= 11 is 0. The molecule has 114 valence electrons. The molecule has 0 aliphatic rings. The van der Waals surface area contributed by atoms with Crippen LogP contribution in [-0.4, -0.2) is 29.9 Å². The van der Waals surface area contributed by atoms with E-state index in [4.69, 9.17) is 5.11 Å². The van der Waals surface area contributed by atoms with Crippen LogP contribution in [0.3, 0.4) is 0 Å². The summed E-state index contributed by atoms with van der Waals surface area (Å²) in [6.45, 7) is 2.73. The van der Waals surface area contributed by atoms with Gasteiger partial charge < -0.3 is 5.11 Å². The summed E-state index contributed by atoms with van der Waals surface area (Å²) in [6.07, 6.45) is 3.32. The Morgan fingerprint density at radius 1 is 1.33 bits per heavy atom. The Morgan fingerprint density at radius 3 is 2.81 bits per heavy atom. The third-order valence-corrected chi connectivity index (χ3v) is 4.53. The van der Waals surface area contributed by atoms with Crippen molar-refractivity contribution < 1.29 is 13.5 Å². The molecule has 21 heavy (non-hydrogen) atoms. The summed E-state index contributed by atoms with van der Waals surface area (Å²) < 4.78 is 28.5. The van der Waals surface area contributed by atoms with E-state index < -0.39 is 10.0 Å². The summed E-state index contributed by atoms with van der Waals surface area (Å²) in [5.41, 5.74) is 1.98. The van der Waals surface area contributed by atoms with E-state index in [0.29, 0.717) is 13.0 Å². The van der Waals surface area contributed by atoms with E-state index in [9.17, 15) is 8.42 Å². The number of benzene rings is 1. The monoisotopic (exact) mass is 309 g/mol. The van der Waals surface area contributed by atoms with Gasteiger partial charge in [-0.3, -0.25) is 4.68 Å². The number of aromatic nitrogens is 2. The van der Waals surface area contributed by atoms with Crippen molar-refractivity contribution in [3.05, 3.63) is 47.8 Å². The number of nitrogens with zero attached hydrogens (tertiary/aromatic N) is 2. The first-order chi connectivity index (χ1) is 10.0. The molecular formula is C14H19N3O3S. The number of hydrogen-bond acceptors (Lipinski definition) is 4. The van der Waals surface area contributed by atoms with Crippen molar-refractivity contribution in [3.63, 3.8) is 0 Å². The van der Waals surface area contributed by atoms with Gasteiger partial charge in [0.05, 0.1) is 6.20 Å². The quantitative estimate of drug-likeness (QED) is 0.801. The molecule has 0 saturated carbocycles. The highest BCUT2D eigenvalue weighted by molar-refractivity contribution is 7.89. The number of sulfonamides is 1. The molecule has 0 bridgehead atoms. The van der Waals surface area contributed by atoms with Gasteiger partial charge in [-0.25, -0.2) is 13.1 Å². The largest absolute Gasteiger partial charge is 0.396 e. The van der Waals surface area contributed by atoms with Crippen LogP contribution in [-0.2, 0) is 23.1 Å². The summed E-state index contributed by atoms with van der Waals surface area (Å²) in [5.74, 6) is 0. The van der Waals surface area contributed by atoms with Gasteiger partial charge in [0.15, 0.2) is 0 Å². The highest BCUT2D eigenvalue weighted by atomic mass is 32.2. The van der Waals surface area contributed by atoms with E-state index in [-0.39, 0.29) is 18.0 Å². The zero-order valence-electron chi connectivity index (χ0n) is 11.9. The Kier molecular flexibility index (Phi) is 5.11. The molecule has 0 atom stereocenters. The molecule has 2 aromatic rings. The summed E-state index contributed by atoms with van der Waals surface area (Å²) in [7, 11) is -3.58. The van der Waals surface area contributed by atoms with Crippen LogP contribution in [0.2, 0.25) is 0 Å². The molecule has 2 rings (SSSR count). The minimum absolute atomic E-state index is 0.0491. The molecular weight excluding hydrogens is 290 g/mol. The zero-order valence-corrected chi connectivity index (χ0v) is 12.7. The predicted molar refractivity (Wildman–Crippen MR) is 79.1 cm³/mol. The first-order valence-corrected chi connectivity index (χ1v) is 8.19. The van der Waals surface area contributed by atoms with Crippen LogP contribution in [0, 0.1) is 6.92 Å². The lowest BCUT2D eigenvalue weighted by Gasteiger charge is -2.07. The molecule has 0 aliphatic heterocycles. The molecule has 1 aromatic heterocycles. The smallest absolute Gasteiger partial charge is 0.243 e. The van der Waals surface area contributed by atoms with Gasteiger partial charge in [-0.2, -0.15) is 5.10 Å². The van der Waals surface area contributed by atoms with Gasteiger partial charge in [0.25, 0.3) is 0 Å². The number of nitrogens with one attached hydrogen (secondary N) is 1. The molecule has 0 spiro atoms. The lowest BCUT2D eigenvalue weighted by molar-refractivity contribution is 0.277. The average molecular weight is 309 g/mol. The molecule has 7 heteroatoms. The first-order valence-electron chi connectivity index (χ1n) is 6.70. The molecule has 0 amide bonds. The van der Waals surface area contributed by atoms with E-state index in [1.807, 2.05) is 31.2 Å². The Hall–Kier alpha value is -1.70. The van der Waals surface area contributed by atoms with Crippen LogP contribution in [0.15, 0.2) is 41.6 Å². The number of hydrogen-bond donors (Lipinski definition) is 2. The Bertz CT molecular complexity index is 695. The second kappa shape index (κ2) is 6.84. The summed E-state index contributed by atoms with van der Waals surface area (Å²) in [5, 5.41) is 12.7. The van der Waals surface area contributed by atoms with Gasteiger partial charge in [-0.1, -0.05) is 24.3 Å². The molecule has 0 unspecified atom stereocenters. The highest BCUT2D eigenvalue weighted by Crippen LogP contribution is 2.11. The van der Waals surface area contributed by atoms with E-state index in [1.54, 1.807) is 0 Å². The molecule has 1 aromatic carbocycles. The van der Waals surface area contributed by atoms with Gasteiger partial charge >= 0.3 is 0 Å². The lowest BCUT2D eigenvalue weighted by atomic mass is 10.1. The van der Waals surface area contributed by atoms with Crippen LogP contribution in [0.1, 0.15) is 17.5 Å². The van der Waals surface area contributed by atoms with Crippen LogP contribution < -0.4 is 4.72 Å². The van der Waals surface area contributed by atoms with E-state index in [0.717, 1.165) is 11.1 Å². The van der Waals surface area contributed by atoms with E-state index in [2.05, 4.69) is 9.82 Å². The fourth-order valence-corrected chi connectivity index (χ4v) is 2.86. The van der Waals surface area contributed by atoms with Gasteiger partial charge in [0, 0.05) is 25.9 Å². The SMILES string of the molecule is Cc1ccccc1CNS(=O)(=O)c1cnn(CCCO)c1. The Labute approximate surface area is 124 Å². The lowest BCUT2D eigenvalue weighted by Crippen LogP contribution is -2.23. The number of aliphatic hydroxyl groups is 1. The molecule has 0 aliphatic carbocycles. The van der Waals surface area contributed by atoms with Crippen molar-refractivity contribution in [1.29, 1.82) is 0 Å². The fourth-order valence-electron chi connectivity index (χ4n) is 1.90. The molecule has 0 saturated heterocycles. The third-order valence-electron chi connectivity index (χ3n) is 3.18. The van der Waals surface area contributed by atoms with Gasteiger partial charge in [0.2, 0.25) is 10.0 Å². The number of rotatable bonds is 7. The zero-order chi connectivity index (χ0) is 15.3. The predicted octanol–water partition coefficient (Wildman–Crippen LogP) is 1.05. The molecule has 0 radical (unpaired) electrons. The Balaban J connectivity index is 2.05. The van der Waals surface area contributed by atoms with Crippen molar-refractivity contribution in [2.45, 2.75) is 31.3 Å². The van der Waals surface area contributed by atoms with Crippen LogP contribution >= 0.6 is 0 Å². The minimum Gasteiger partial charge on any atom is -0.396 e. The maximum Gasteiger partial charge on any atom is 0.243 e. The first kappa shape index (κ1) is 15.7. The standard InChI is InChI=1S/C14H19N3O3S/c1-12-5-2-3-6-13(12)9-16-21(19,20)14-10-15-17(11-14)7-4-8-18/h2-3,5-6,10-11,16,18H,4,7-9H2,1H3. The van der Waals surface area contributed by atoms with Gasteiger partial charge in [-0.05, 0) is 24.5 Å². The topological polar surface area (TPSA) is 84.2 Å². The molecule has 2 N–H and O–H groups in total. The fraction of sp³-hybridized carbons (Fsp3) is 0.357. The second-order valence-corrected chi connectivity index (χ2v) is 6.53. The summed E-state index contributed by atoms with van der Waals surface area (Å²) in [4.78, 5) is 0.133. The normalized spacial score (nSPS) is 11.7. The van der Waals surface area contributed by atoms with Crippen molar-refractivity contribution in [2.24, 2.45) is 0 Å². The average Bonchev–Trinajstić information content (AvgIpc) is 2.94. The second-order valence-electron chi connectivity index (χ2n) is 4.77. The van der Waals surface area contributed by atoms with Crippen molar-refractivity contribution in [2.75, 3.05) is 6.61 Å². The van der Waals surface area contributed by atoms with Gasteiger partial charge in [0.1, 0.15) is 4.90 Å². The van der Waals surface area contributed by atoms with Crippen LogP contribution in [0.25, 0.3) is 0 Å². The van der Waals surface area contributed by atoms with Crippen molar-refractivity contribution in [1.82, 2.24) is 14.5 Å². The molecule has 6 nitrogen and oxygen atoms in total. The van der Waals surface area contributed by atoms with E-state index in [1.165, 1.54) is 17.1 Å².